The number of Topliss-reactive ketones (excluding diaryl/α,β-unsaturated/α-hetero) is 1. The van der Waals surface area contributed by atoms with Crippen molar-refractivity contribution in [3.63, 3.8) is 0 Å². The Balaban J connectivity index is 1.97. The highest BCUT2D eigenvalue weighted by molar-refractivity contribution is 6.01. The van der Waals surface area contributed by atoms with Gasteiger partial charge in [-0.25, -0.2) is 0 Å². The summed E-state index contributed by atoms with van der Waals surface area (Å²) >= 11 is 0. The van der Waals surface area contributed by atoms with E-state index in [1.165, 1.54) is 0 Å². The fourth-order valence-electron chi connectivity index (χ4n) is 2.72. The molecular weight excluding hydrogens is 230 g/mol. The van der Waals surface area contributed by atoms with Gasteiger partial charge in [-0.15, -0.1) is 0 Å². The summed E-state index contributed by atoms with van der Waals surface area (Å²) in [6.45, 7) is 0.325. The Kier molecular flexibility index (Phi) is 2.67. The number of amides is 1. The third kappa shape index (κ3) is 1.82. The molecule has 0 bridgehead atoms. The van der Waals surface area contributed by atoms with Crippen molar-refractivity contribution in [1.82, 2.24) is 0 Å². The number of β-amino-alcohol motifs (C(OH)–C–C–N with tert-alkyl or cyclic N) is 1. The molecule has 0 spiro atoms. The van der Waals surface area contributed by atoms with E-state index in [-0.39, 0.29) is 18.1 Å². The van der Waals surface area contributed by atoms with E-state index in [9.17, 15) is 14.7 Å². The Hall–Kier alpha value is -1.68. The van der Waals surface area contributed by atoms with E-state index < -0.39 is 6.10 Å². The number of aliphatic hydroxyl groups excluding tert-OH is 1. The molecule has 1 atom stereocenters. The number of carbonyl (C=O) groups is 2. The fraction of sp³-hybridized carbons (Fsp3) is 0.429. The van der Waals surface area contributed by atoms with E-state index >= 15 is 0 Å². The first kappa shape index (κ1) is 11.4. The Morgan fingerprint density at radius 1 is 1.22 bits per heavy atom. The van der Waals surface area contributed by atoms with E-state index in [0.717, 1.165) is 29.7 Å². The largest absolute Gasteiger partial charge is 0.391 e. The fourth-order valence-corrected chi connectivity index (χ4v) is 2.72. The molecule has 2 aliphatic rings. The molecule has 1 saturated heterocycles. The van der Waals surface area contributed by atoms with Crippen molar-refractivity contribution in [1.29, 1.82) is 0 Å². The second kappa shape index (κ2) is 4.21. The molecule has 1 amide bonds. The molecular formula is C14H15NO3. The summed E-state index contributed by atoms with van der Waals surface area (Å²) in [6.07, 6.45) is 2.01. The number of aliphatic hydroxyl groups is 1. The summed E-state index contributed by atoms with van der Waals surface area (Å²) in [7, 11) is 0. The lowest BCUT2D eigenvalue weighted by Gasteiger charge is -2.20. The first-order chi connectivity index (χ1) is 8.65. The van der Waals surface area contributed by atoms with Crippen molar-refractivity contribution < 1.29 is 14.7 Å². The van der Waals surface area contributed by atoms with Crippen LogP contribution in [-0.4, -0.2) is 29.4 Å². The van der Waals surface area contributed by atoms with E-state index in [1.54, 1.807) is 11.0 Å². The molecule has 0 radical (unpaired) electrons. The SMILES string of the molecule is O=C1CCCc2ccc(N3CC(O)CC3=O)cc21. The summed E-state index contributed by atoms with van der Waals surface area (Å²) in [5, 5.41) is 9.49. The number of aryl methyl sites for hydroxylation is 1. The van der Waals surface area contributed by atoms with Crippen LogP contribution in [0.4, 0.5) is 5.69 Å². The third-order valence-corrected chi connectivity index (χ3v) is 3.66. The Morgan fingerprint density at radius 2 is 2.06 bits per heavy atom. The van der Waals surface area contributed by atoms with Crippen LogP contribution in [-0.2, 0) is 11.2 Å². The predicted octanol–water partition coefficient (Wildman–Crippen LogP) is 1.30. The maximum atomic E-state index is 11.8. The van der Waals surface area contributed by atoms with Crippen molar-refractivity contribution in [2.75, 3.05) is 11.4 Å². The van der Waals surface area contributed by atoms with E-state index in [2.05, 4.69) is 0 Å². The van der Waals surface area contributed by atoms with Crippen LogP contribution in [0.5, 0.6) is 0 Å². The van der Waals surface area contributed by atoms with Crippen LogP contribution in [0.2, 0.25) is 0 Å². The maximum absolute atomic E-state index is 11.8. The van der Waals surface area contributed by atoms with Gasteiger partial charge < -0.3 is 10.0 Å². The van der Waals surface area contributed by atoms with E-state index in [1.807, 2.05) is 12.1 Å². The summed E-state index contributed by atoms with van der Waals surface area (Å²) < 4.78 is 0. The molecule has 94 valence electrons. The molecule has 4 heteroatoms. The minimum Gasteiger partial charge on any atom is -0.391 e. The number of anilines is 1. The molecule has 0 saturated carbocycles. The number of hydrogen-bond acceptors (Lipinski definition) is 3. The van der Waals surface area contributed by atoms with Crippen LogP contribution >= 0.6 is 0 Å². The molecule has 0 aromatic heterocycles. The van der Waals surface area contributed by atoms with Gasteiger partial charge in [0.05, 0.1) is 19.1 Å². The molecule has 1 fully saturated rings. The average molecular weight is 245 g/mol. The molecule has 1 aliphatic heterocycles. The molecule has 1 N–H and O–H groups in total. The normalized spacial score (nSPS) is 23.4. The van der Waals surface area contributed by atoms with Crippen molar-refractivity contribution in [3.8, 4) is 0 Å². The van der Waals surface area contributed by atoms with Crippen molar-refractivity contribution in [2.24, 2.45) is 0 Å². The number of ketones is 1. The maximum Gasteiger partial charge on any atom is 0.229 e. The second-order valence-electron chi connectivity index (χ2n) is 4.98. The quantitative estimate of drug-likeness (QED) is 0.811. The average Bonchev–Trinajstić information content (AvgIpc) is 2.69. The number of fused-ring (bicyclic) bond motifs is 1. The van der Waals surface area contributed by atoms with Gasteiger partial charge in [0.1, 0.15) is 0 Å². The van der Waals surface area contributed by atoms with Crippen LogP contribution in [0.3, 0.4) is 0 Å². The Bertz CT molecular complexity index is 524. The molecule has 18 heavy (non-hydrogen) atoms. The van der Waals surface area contributed by atoms with Crippen LogP contribution in [0.15, 0.2) is 18.2 Å². The van der Waals surface area contributed by atoms with Gasteiger partial charge in [-0.3, -0.25) is 9.59 Å². The van der Waals surface area contributed by atoms with Gasteiger partial charge >= 0.3 is 0 Å². The topological polar surface area (TPSA) is 57.6 Å². The van der Waals surface area contributed by atoms with Crippen LogP contribution < -0.4 is 4.90 Å². The lowest BCUT2D eigenvalue weighted by atomic mass is 9.90. The number of carbonyl (C=O) groups excluding carboxylic acids is 2. The number of hydrogen-bond donors (Lipinski definition) is 1. The lowest BCUT2D eigenvalue weighted by molar-refractivity contribution is -0.117. The highest BCUT2D eigenvalue weighted by Crippen LogP contribution is 2.28. The number of nitrogens with zero attached hydrogens (tertiary/aromatic N) is 1. The number of rotatable bonds is 1. The zero-order valence-corrected chi connectivity index (χ0v) is 10.1. The molecule has 1 aromatic rings. The second-order valence-corrected chi connectivity index (χ2v) is 4.98. The van der Waals surface area contributed by atoms with Crippen LogP contribution in [0.25, 0.3) is 0 Å². The van der Waals surface area contributed by atoms with E-state index in [4.69, 9.17) is 0 Å². The van der Waals surface area contributed by atoms with Gasteiger partial charge in [-0.2, -0.15) is 0 Å². The molecule has 4 nitrogen and oxygen atoms in total. The van der Waals surface area contributed by atoms with Crippen LogP contribution in [0.1, 0.15) is 35.2 Å². The predicted molar refractivity (Wildman–Crippen MR) is 66.7 cm³/mol. The van der Waals surface area contributed by atoms with Crippen molar-refractivity contribution in [3.05, 3.63) is 29.3 Å². The summed E-state index contributed by atoms with van der Waals surface area (Å²) in [5.74, 6) is 0.0796. The molecule has 1 aromatic carbocycles. The summed E-state index contributed by atoms with van der Waals surface area (Å²) in [6, 6.07) is 5.60. The van der Waals surface area contributed by atoms with Gasteiger partial charge in [0, 0.05) is 17.7 Å². The number of benzene rings is 1. The minimum absolute atomic E-state index is 0.0780. The Morgan fingerprint density at radius 3 is 2.78 bits per heavy atom. The highest BCUT2D eigenvalue weighted by atomic mass is 16.3. The minimum atomic E-state index is -0.593. The van der Waals surface area contributed by atoms with Crippen molar-refractivity contribution in [2.45, 2.75) is 31.8 Å². The molecule has 1 aliphatic carbocycles. The van der Waals surface area contributed by atoms with Gasteiger partial charge in [0.25, 0.3) is 0 Å². The zero-order chi connectivity index (χ0) is 12.7. The van der Waals surface area contributed by atoms with Crippen molar-refractivity contribution >= 4 is 17.4 Å². The van der Waals surface area contributed by atoms with Gasteiger partial charge in [-0.1, -0.05) is 6.07 Å². The molecule has 3 rings (SSSR count). The zero-order valence-electron chi connectivity index (χ0n) is 10.1. The third-order valence-electron chi connectivity index (χ3n) is 3.66. The van der Waals surface area contributed by atoms with E-state index in [0.29, 0.717) is 13.0 Å². The standard InChI is InChI=1S/C14H15NO3/c16-11-7-14(18)15(8-11)10-5-4-9-2-1-3-13(17)12(9)6-10/h4-6,11,16H,1-3,7-8H2. The summed E-state index contributed by atoms with van der Waals surface area (Å²) in [4.78, 5) is 25.1. The van der Waals surface area contributed by atoms with Gasteiger partial charge in [0.2, 0.25) is 5.91 Å². The monoisotopic (exact) mass is 245 g/mol. The molecule has 1 unspecified atom stereocenters. The van der Waals surface area contributed by atoms with Gasteiger partial charge in [0.15, 0.2) is 5.78 Å². The highest BCUT2D eigenvalue weighted by Gasteiger charge is 2.30. The first-order valence-corrected chi connectivity index (χ1v) is 6.30. The lowest BCUT2D eigenvalue weighted by Crippen LogP contribution is -2.25. The smallest absolute Gasteiger partial charge is 0.229 e. The first-order valence-electron chi connectivity index (χ1n) is 6.30. The van der Waals surface area contributed by atoms with Gasteiger partial charge in [-0.05, 0) is 30.5 Å². The van der Waals surface area contributed by atoms with Crippen LogP contribution in [0, 0.1) is 0 Å². The Labute approximate surface area is 105 Å². The molecule has 1 heterocycles. The summed E-state index contributed by atoms with van der Waals surface area (Å²) in [5.41, 5.74) is 2.54.